The molecule has 2 atom stereocenters. The fraction of sp³-hybridized carbons (Fsp3) is 0.400. The van der Waals surface area contributed by atoms with E-state index in [0.717, 1.165) is 0 Å². The molecule has 92 valence electrons. The zero-order chi connectivity index (χ0) is 13.1. The fourth-order valence-corrected chi connectivity index (χ4v) is 2.22. The van der Waals surface area contributed by atoms with Gasteiger partial charge in [0.2, 0.25) is 6.19 Å². The van der Waals surface area contributed by atoms with E-state index in [-0.39, 0.29) is 5.82 Å². The van der Waals surface area contributed by atoms with Gasteiger partial charge in [0.1, 0.15) is 0 Å². The van der Waals surface area contributed by atoms with Gasteiger partial charge in [-0.25, -0.2) is 9.19 Å². The van der Waals surface area contributed by atoms with Crippen LogP contribution in [0.15, 0.2) is 16.6 Å². The minimum absolute atomic E-state index is 0.267. The van der Waals surface area contributed by atoms with Crippen LogP contribution in [0.3, 0.4) is 0 Å². The van der Waals surface area contributed by atoms with E-state index >= 15 is 0 Å². The van der Waals surface area contributed by atoms with Crippen molar-refractivity contribution < 1.29 is 8.95 Å². The highest BCUT2D eigenvalue weighted by Gasteiger charge is 2.18. The molecule has 0 aliphatic heterocycles. The lowest BCUT2D eigenvalue weighted by Gasteiger charge is -2.14. The minimum Gasteiger partial charge on any atom is -0.493 e. The van der Waals surface area contributed by atoms with Crippen molar-refractivity contribution in [1.29, 1.82) is 5.26 Å². The molecule has 0 spiro atoms. The second-order valence-corrected chi connectivity index (χ2v) is 6.16. The molecule has 0 aromatic carbocycles. The monoisotopic (exact) mass is 254 g/mol. The molecule has 1 aromatic rings. The summed E-state index contributed by atoms with van der Waals surface area (Å²) in [6.07, 6.45) is 4.52. The van der Waals surface area contributed by atoms with Gasteiger partial charge in [-0.15, -0.1) is 4.36 Å². The Morgan fingerprint density at radius 3 is 2.88 bits per heavy atom. The van der Waals surface area contributed by atoms with Crippen LogP contribution in [0.25, 0.3) is 0 Å². The van der Waals surface area contributed by atoms with E-state index < -0.39 is 15.0 Å². The molecule has 6 nitrogen and oxygen atoms in total. The molecule has 2 N–H and O–H groups in total. The predicted octanol–water partition coefficient (Wildman–Crippen LogP) is 1.31. The van der Waals surface area contributed by atoms with Crippen molar-refractivity contribution in [2.24, 2.45) is 4.36 Å². The molecule has 1 heterocycles. The average Bonchev–Trinajstić information content (AvgIpc) is 2.28. The normalized spacial score (nSPS) is 15.4. The van der Waals surface area contributed by atoms with Crippen molar-refractivity contribution in [2.75, 3.05) is 19.1 Å². The summed E-state index contributed by atoms with van der Waals surface area (Å²) >= 11 is 0. The third kappa shape index (κ3) is 2.85. The van der Waals surface area contributed by atoms with Crippen LogP contribution < -0.4 is 10.5 Å². The number of ether oxygens (including phenoxy) is 1. The molecule has 0 saturated carbocycles. The van der Waals surface area contributed by atoms with Crippen LogP contribution in [0, 0.1) is 11.5 Å². The van der Waals surface area contributed by atoms with Crippen molar-refractivity contribution in [2.45, 2.75) is 12.2 Å². The first-order valence-electron chi connectivity index (χ1n) is 4.81. The van der Waals surface area contributed by atoms with E-state index in [9.17, 15) is 4.21 Å². The van der Waals surface area contributed by atoms with Crippen LogP contribution in [0.5, 0.6) is 5.75 Å². The van der Waals surface area contributed by atoms with Crippen molar-refractivity contribution in [3.8, 4) is 11.9 Å². The Kier molecular flexibility index (Phi) is 3.91. The molecule has 0 fully saturated rings. The van der Waals surface area contributed by atoms with Crippen molar-refractivity contribution >= 4 is 15.5 Å². The van der Waals surface area contributed by atoms with Gasteiger partial charge in [-0.1, -0.05) is 0 Å². The summed E-state index contributed by atoms with van der Waals surface area (Å²) in [6.45, 7) is 1.72. The summed E-state index contributed by atoms with van der Waals surface area (Å²) < 4.78 is 20.6. The zero-order valence-corrected chi connectivity index (χ0v) is 10.7. The van der Waals surface area contributed by atoms with Gasteiger partial charge in [0, 0.05) is 12.5 Å². The Morgan fingerprint density at radius 1 is 1.71 bits per heavy atom. The van der Waals surface area contributed by atoms with Crippen LogP contribution in [0.4, 0.5) is 5.82 Å². The lowest BCUT2D eigenvalue weighted by Crippen LogP contribution is -2.09. The topological polar surface area (TPSA) is 101 Å². The molecule has 2 unspecified atom stereocenters. The molecule has 1 aromatic heterocycles. The molecule has 7 heteroatoms. The molecular weight excluding hydrogens is 240 g/mol. The van der Waals surface area contributed by atoms with Gasteiger partial charge >= 0.3 is 0 Å². The molecule has 1 rings (SSSR count). The van der Waals surface area contributed by atoms with Gasteiger partial charge in [-0.2, -0.15) is 5.26 Å². The Balaban J connectivity index is 3.24. The van der Waals surface area contributed by atoms with E-state index in [2.05, 4.69) is 9.35 Å². The molecule has 0 bridgehead atoms. The molecular formula is C10H14N4O2S. The van der Waals surface area contributed by atoms with Crippen molar-refractivity contribution in [1.82, 2.24) is 4.98 Å². The molecule has 17 heavy (non-hydrogen) atoms. The number of hydrogen-bond donors (Lipinski definition) is 1. The standard InChI is InChI=1S/C10H14N4O2S/c1-7(17(3,15)14-6-11)8-4-9(16-2)10(12)13-5-8/h4-5,7H,1-3H3,(H2,12,13). The van der Waals surface area contributed by atoms with Gasteiger partial charge < -0.3 is 10.5 Å². The highest BCUT2D eigenvalue weighted by molar-refractivity contribution is 7.93. The van der Waals surface area contributed by atoms with Gasteiger partial charge in [-0.05, 0) is 18.6 Å². The molecule has 0 aliphatic rings. The summed E-state index contributed by atoms with van der Waals surface area (Å²) in [7, 11) is -1.15. The second-order valence-electron chi connectivity index (χ2n) is 3.55. The first kappa shape index (κ1) is 13.3. The average molecular weight is 254 g/mol. The van der Waals surface area contributed by atoms with Gasteiger partial charge in [0.25, 0.3) is 0 Å². The SMILES string of the molecule is COc1cc(C(C)S(C)(=O)=NC#N)cnc1N. The number of hydrogen-bond acceptors (Lipinski definition) is 6. The quantitative estimate of drug-likeness (QED) is 0.819. The van der Waals surface area contributed by atoms with Crippen LogP contribution in [0.2, 0.25) is 0 Å². The van der Waals surface area contributed by atoms with Crippen LogP contribution in [-0.2, 0) is 9.73 Å². The number of aromatic nitrogens is 1. The summed E-state index contributed by atoms with van der Waals surface area (Å²) in [5.41, 5.74) is 6.25. The number of nitrogens with zero attached hydrogens (tertiary/aromatic N) is 3. The second kappa shape index (κ2) is 5.01. The van der Waals surface area contributed by atoms with Crippen molar-refractivity contribution in [3.63, 3.8) is 0 Å². The van der Waals surface area contributed by atoms with E-state index in [1.807, 2.05) is 0 Å². The van der Waals surface area contributed by atoms with E-state index in [1.165, 1.54) is 19.6 Å². The maximum Gasteiger partial charge on any atom is 0.214 e. The van der Waals surface area contributed by atoms with Crippen molar-refractivity contribution in [3.05, 3.63) is 17.8 Å². The van der Waals surface area contributed by atoms with E-state index in [4.69, 9.17) is 15.7 Å². The maximum absolute atomic E-state index is 12.1. The molecule has 0 radical (unpaired) electrons. The Labute approximate surface area is 101 Å². The number of rotatable bonds is 3. The Morgan fingerprint density at radius 2 is 2.35 bits per heavy atom. The van der Waals surface area contributed by atoms with Crippen LogP contribution in [-0.4, -0.2) is 22.6 Å². The highest BCUT2D eigenvalue weighted by Crippen LogP contribution is 2.27. The molecule has 0 saturated heterocycles. The smallest absolute Gasteiger partial charge is 0.214 e. The lowest BCUT2D eigenvalue weighted by molar-refractivity contribution is 0.415. The van der Waals surface area contributed by atoms with Crippen LogP contribution >= 0.6 is 0 Å². The summed E-state index contributed by atoms with van der Waals surface area (Å²) in [5, 5.41) is 8.06. The Hall–Kier alpha value is -1.81. The third-order valence-electron chi connectivity index (χ3n) is 2.47. The Bertz CT molecular complexity index is 570. The van der Waals surface area contributed by atoms with Gasteiger partial charge in [0.05, 0.1) is 22.1 Å². The van der Waals surface area contributed by atoms with Gasteiger partial charge in [-0.3, -0.25) is 0 Å². The summed E-state index contributed by atoms with van der Waals surface area (Å²) in [5.74, 6) is 0.685. The highest BCUT2D eigenvalue weighted by atomic mass is 32.2. The molecule has 0 aliphatic carbocycles. The lowest BCUT2D eigenvalue weighted by atomic mass is 10.2. The van der Waals surface area contributed by atoms with E-state index in [0.29, 0.717) is 11.3 Å². The first-order valence-corrected chi connectivity index (χ1v) is 6.79. The third-order valence-corrected chi connectivity index (χ3v) is 4.50. The number of pyridine rings is 1. The maximum atomic E-state index is 12.1. The first-order chi connectivity index (χ1) is 7.92. The van der Waals surface area contributed by atoms with Gasteiger partial charge in [0.15, 0.2) is 11.6 Å². The number of nitrogen functional groups attached to an aromatic ring is 1. The predicted molar refractivity (Wildman–Crippen MR) is 65.7 cm³/mol. The minimum atomic E-state index is -2.62. The summed E-state index contributed by atoms with van der Waals surface area (Å²) in [4.78, 5) is 3.95. The largest absolute Gasteiger partial charge is 0.493 e. The number of methoxy groups -OCH3 is 1. The molecule has 0 amide bonds. The number of nitrogens with two attached hydrogens (primary N) is 1. The fourth-order valence-electron chi connectivity index (χ4n) is 1.27. The number of nitriles is 1. The zero-order valence-electron chi connectivity index (χ0n) is 9.88. The number of anilines is 1. The van der Waals surface area contributed by atoms with E-state index in [1.54, 1.807) is 19.2 Å². The van der Waals surface area contributed by atoms with Crippen LogP contribution in [0.1, 0.15) is 17.7 Å². The summed E-state index contributed by atoms with van der Waals surface area (Å²) in [6, 6.07) is 1.66.